The molecule has 14 heteroatoms. The van der Waals surface area contributed by atoms with E-state index in [1.165, 1.54) is 6.07 Å². The number of nitrogens with two attached hydrogens (primary N) is 2. The minimum Gasteiger partial charge on any atom is -0.481 e. The number of rotatable bonds is 9. The number of nitrogens with zero attached hydrogens (tertiary/aromatic N) is 3. The molecule has 0 aliphatic heterocycles. The van der Waals surface area contributed by atoms with Crippen LogP contribution < -0.4 is 17.0 Å². The summed E-state index contributed by atoms with van der Waals surface area (Å²) in [6.45, 7) is 0.531. The fourth-order valence-electron chi connectivity index (χ4n) is 3.67. The van der Waals surface area contributed by atoms with E-state index in [1.807, 2.05) is 0 Å². The molecule has 39 heavy (non-hydrogen) atoms. The number of fused-ring (bicyclic) bond motifs is 2. The minimum absolute atomic E-state index is 0.0724. The molecule has 0 amide bonds. The fourth-order valence-corrected chi connectivity index (χ4v) is 4.60. The van der Waals surface area contributed by atoms with E-state index in [9.17, 15) is 27.6 Å². The molecule has 0 aliphatic rings. The Morgan fingerprint density at radius 2 is 1.77 bits per heavy atom. The molecule has 0 fully saturated rings. The first kappa shape index (κ1) is 29.7. The van der Waals surface area contributed by atoms with Gasteiger partial charge >= 0.3 is 18.1 Å². The van der Waals surface area contributed by atoms with Crippen molar-refractivity contribution in [2.24, 2.45) is 11.5 Å². The van der Waals surface area contributed by atoms with Crippen LogP contribution in [0.25, 0.3) is 21.0 Å². The lowest BCUT2D eigenvalue weighted by atomic mass is 10.1. The maximum Gasteiger partial charge on any atom is 0.416 e. The molecule has 0 saturated carbocycles. The van der Waals surface area contributed by atoms with Gasteiger partial charge in [-0.25, -0.2) is 9.67 Å². The number of hydrogen-bond acceptors (Lipinski definition) is 8. The predicted octanol–water partition coefficient (Wildman–Crippen LogP) is 3.23. The van der Waals surface area contributed by atoms with E-state index in [0.717, 1.165) is 41.0 Å². The molecule has 208 valence electrons. The molecule has 0 radical (unpaired) electrons. The summed E-state index contributed by atoms with van der Waals surface area (Å²) in [5, 5.41) is 22.8. The van der Waals surface area contributed by atoms with Crippen molar-refractivity contribution < 1.29 is 33.0 Å². The van der Waals surface area contributed by atoms with E-state index in [2.05, 4.69) is 10.1 Å². The molecule has 0 saturated heterocycles. The van der Waals surface area contributed by atoms with Gasteiger partial charge in [0.25, 0.3) is 5.56 Å². The van der Waals surface area contributed by atoms with E-state index in [4.69, 9.17) is 21.7 Å². The number of carbonyl (C=O) groups is 2. The molecule has 0 bridgehead atoms. The van der Waals surface area contributed by atoms with Gasteiger partial charge in [0.15, 0.2) is 0 Å². The number of hydrogen-bond donors (Lipinski definition) is 4. The maximum atomic E-state index is 12.9. The van der Waals surface area contributed by atoms with Crippen molar-refractivity contribution in [1.82, 2.24) is 14.8 Å². The number of thiazole rings is 1. The average molecular weight is 566 g/mol. The quantitative estimate of drug-likeness (QED) is 0.222. The molecular formula is C25H26F3N5O5S. The number of unbranched alkanes of at least 4 members (excludes halogenated alkanes) is 1. The highest BCUT2D eigenvalue weighted by Gasteiger charge is 2.30. The highest BCUT2D eigenvalue weighted by molar-refractivity contribution is 7.18. The van der Waals surface area contributed by atoms with E-state index < -0.39 is 35.3 Å². The molecule has 6 N–H and O–H groups in total. The normalized spacial score (nSPS) is 12.2. The second-order valence-electron chi connectivity index (χ2n) is 8.54. The first-order valence-electron chi connectivity index (χ1n) is 11.8. The fraction of sp³-hybridized carbons (Fsp3) is 0.320. The van der Waals surface area contributed by atoms with Gasteiger partial charge in [-0.1, -0.05) is 24.6 Å². The van der Waals surface area contributed by atoms with Crippen LogP contribution in [0.2, 0.25) is 0 Å². The molecule has 1 unspecified atom stereocenters. The lowest BCUT2D eigenvalue weighted by molar-refractivity contribution is -0.139. The third-order valence-corrected chi connectivity index (χ3v) is 6.61. The highest BCUT2D eigenvalue weighted by Crippen LogP contribution is 2.33. The Balaban J connectivity index is 0.000000360. The zero-order valence-corrected chi connectivity index (χ0v) is 21.3. The minimum atomic E-state index is -4.47. The van der Waals surface area contributed by atoms with Gasteiger partial charge < -0.3 is 21.7 Å². The van der Waals surface area contributed by atoms with Gasteiger partial charge in [-0.05, 0) is 43.7 Å². The van der Waals surface area contributed by atoms with Crippen molar-refractivity contribution in [2.45, 2.75) is 44.4 Å². The number of aliphatic carboxylic acids is 2. The Kier molecular flexibility index (Phi) is 9.72. The Hall–Kier alpha value is -3.88. The largest absolute Gasteiger partial charge is 0.481 e. The van der Waals surface area contributed by atoms with Crippen LogP contribution in [0.3, 0.4) is 0 Å². The third kappa shape index (κ3) is 7.81. The topological polar surface area (TPSA) is 174 Å². The Morgan fingerprint density at radius 1 is 1.08 bits per heavy atom. The van der Waals surface area contributed by atoms with E-state index in [0.29, 0.717) is 33.4 Å². The summed E-state index contributed by atoms with van der Waals surface area (Å²) in [6.07, 6.45) is -2.67. The van der Waals surface area contributed by atoms with Crippen molar-refractivity contribution >= 4 is 44.3 Å². The van der Waals surface area contributed by atoms with Crippen LogP contribution in [0.15, 0.2) is 47.3 Å². The number of alkyl halides is 3. The Labute approximate surface area is 223 Å². The number of aromatic nitrogens is 3. The van der Waals surface area contributed by atoms with Crippen LogP contribution in [0.4, 0.5) is 13.2 Å². The molecule has 0 aliphatic carbocycles. The molecule has 0 spiro atoms. The molecule has 4 rings (SSSR count). The second-order valence-corrected chi connectivity index (χ2v) is 9.66. The van der Waals surface area contributed by atoms with Gasteiger partial charge in [-0.2, -0.15) is 18.3 Å². The first-order valence-corrected chi connectivity index (χ1v) is 12.6. The van der Waals surface area contributed by atoms with Gasteiger partial charge in [0.05, 0.1) is 39.8 Å². The molecular weight excluding hydrogens is 539 g/mol. The number of benzene rings is 2. The summed E-state index contributed by atoms with van der Waals surface area (Å²) in [6, 6.07) is 9.12. The molecule has 2 heterocycles. The monoisotopic (exact) mass is 565 g/mol. The Bertz CT molecular complexity index is 1540. The van der Waals surface area contributed by atoms with E-state index in [-0.39, 0.29) is 24.2 Å². The molecule has 10 nitrogen and oxygen atoms in total. The van der Waals surface area contributed by atoms with Gasteiger partial charge in [0.2, 0.25) is 0 Å². The van der Waals surface area contributed by atoms with Crippen molar-refractivity contribution in [3.8, 4) is 0 Å². The van der Waals surface area contributed by atoms with Crippen LogP contribution in [0, 0.1) is 0 Å². The summed E-state index contributed by atoms with van der Waals surface area (Å²) < 4.78 is 40.3. The van der Waals surface area contributed by atoms with Crippen LogP contribution in [-0.4, -0.2) is 49.5 Å². The second kappa shape index (κ2) is 12.8. The summed E-state index contributed by atoms with van der Waals surface area (Å²) in [5.74, 6) is -2.02. The zero-order valence-electron chi connectivity index (χ0n) is 20.5. The third-order valence-electron chi connectivity index (χ3n) is 5.59. The number of carboxylic acids is 2. The molecule has 4 aromatic rings. The van der Waals surface area contributed by atoms with Crippen molar-refractivity contribution in [1.29, 1.82) is 0 Å². The van der Waals surface area contributed by atoms with Crippen molar-refractivity contribution in [3.05, 3.63) is 69.1 Å². The summed E-state index contributed by atoms with van der Waals surface area (Å²) >= 11 is 1.15. The van der Waals surface area contributed by atoms with Crippen molar-refractivity contribution in [3.63, 3.8) is 0 Å². The van der Waals surface area contributed by atoms with Gasteiger partial charge in [-0.15, -0.1) is 11.3 Å². The Morgan fingerprint density at radius 3 is 2.38 bits per heavy atom. The van der Waals surface area contributed by atoms with E-state index in [1.54, 1.807) is 24.3 Å². The highest BCUT2D eigenvalue weighted by atomic mass is 32.1. The van der Waals surface area contributed by atoms with E-state index >= 15 is 0 Å². The van der Waals surface area contributed by atoms with Gasteiger partial charge in [0.1, 0.15) is 11.0 Å². The summed E-state index contributed by atoms with van der Waals surface area (Å²) in [4.78, 5) is 38.3. The van der Waals surface area contributed by atoms with Crippen LogP contribution in [0.1, 0.15) is 35.5 Å². The molecule has 1 atom stereocenters. The lowest BCUT2D eigenvalue weighted by Gasteiger charge is -2.08. The molecule has 2 aromatic carbocycles. The zero-order chi connectivity index (χ0) is 28.7. The maximum absolute atomic E-state index is 12.9. The summed E-state index contributed by atoms with van der Waals surface area (Å²) in [7, 11) is 0. The molecule has 2 aromatic heterocycles. The number of carboxylic acid groups (broad SMARTS) is 2. The standard InChI is InChI=1S/C19H12F3N3O3S.C6H14N2O2/c20-19(21,22)10-5-6-15-14(7-10)23-16(29-15)9-25-18(28)12-4-2-1-3-11(12)13(24-25)8-17(26)27;7-4-2-1-3-5(8)6(9)10/h1-7H,8-9H2,(H,26,27);5H,1-4,7-8H2,(H,9,10). The SMILES string of the molecule is NCCCCC(N)C(=O)O.O=C(O)Cc1nn(Cc2nc3cc(C(F)(F)F)ccc3s2)c(=O)c2ccccc12. The van der Waals surface area contributed by atoms with Gasteiger partial charge in [0, 0.05) is 5.39 Å². The predicted molar refractivity (Wildman–Crippen MR) is 140 cm³/mol. The van der Waals surface area contributed by atoms with Gasteiger partial charge in [-0.3, -0.25) is 14.4 Å². The summed E-state index contributed by atoms with van der Waals surface area (Å²) in [5.41, 5.74) is 9.60. The lowest BCUT2D eigenvalue weighted by Crippen LogP contribution is -2.29. The van der Waals surface area contributed by atoms with Crippen LogP contribution >= 0.6 is 11.3 Å². The van der Waals surface area contributed by atoms with Crippen LogP contribution in [0.5, 0.6) is 0 Å². The number of halogens is 3. The first-order chi connectivity index (χ1) is 18.4. The van der Waals surface area contributed by atoms with Crippen molar-refractivity contribution in [2.75, 3.05) is 6.54 Å². The van der Waals surface area contributed by atoms with Crippen LogP contribution in [-0.2, 0) is 28.7 Å². The smallest absolute Gasteiger partial charge is 0.416 e. The average Bonchev–Trinajstić information content (AvgIpc) is 3.28.